The summed E-state index contributed by atoms with van der Waals surface area (Å²) >= 11 is 0. The molecule has 0 heterocycles. The van der Waals surface area contributed by atoms with Gasteiger partial charge in [0.05, 0.1) is 12.6 Å². The smallest absolute Gasteiger partial charge is 0.0971 e. The first-order valence-electron chi connectivity index (χ1n) is 19.1. The lowest BCUT2D eigenvalue weighted by atomic mass is 9.81. The Morgan fingerprint density at radius 1 is 0.325 bits per heavy atom. The number of quaternary nitrogens is 1. The summed E-state index contributed by atoms with van der Waals surface area (Å²) in [4.78, 5) is 0. The van der Waals surface area contributed by atoms with Gasteiger partial charge in [-0.3, -0.25) is 0 Å². The molecule has 1 atom stereocenters. The molecule has 0 amide bonds. The molecule has 242 valence electrons. The van der Waals surface area contributed by atoms with E-state index in [4.69, 9.17) is 0 Å². The normalized spacial score (nSPS) is 12.8. The van der Waals surface area contributed by atoms with Crippen LogP contribution in [0.25, 0.3) is 0 Å². The van der Waals surface area contributed by atoms with Crippen molar-refractivity contribution in [3.8, 4) is 0 Å². The number of rotatable bonds is 34. The molecule has 0 aromatic rings. The Hall–Kier alpha value is -0.0800. The molecule has 0 aliphatic rings. The van der Waals surface area contributed by atoms with Crippen LogP contribution in [-0.4, -0.2) is 12.6 Å². The maximum absolute atomic E-state index is 13.1. The van der Waals surface area contributed by atoms with Gasteiger partial charge in [-0.05, 0) is 19.3 Å². The highest BCUT2D eigenvalue weighted by Gasteiger charge is 2.33. The highest BCUT2D eigenvalue weighted by Crippen LogP contribution is 2.27. The Bertz CT molecular complexity index is 403. The average Bonchev–Trinajstić information content (AvgIpc) is 2.95. The van der Waals surface area contributed by atoms with E-state index in [0.717, 1.165) is 19.3 Å². The largest absolute Gasteiger partial charge is 0.634 e. The van der Waals surface area contributed by atoms with E-state index in [2.05, 4.69) is 20.8 Å². The van der Waals surface area contributed by atoms with Crippen LogP contribution in [0.15, 0.2) is 0 Å². The number of hydroxylamine groups is 2. The zero-order valence-electron chi connectivity index (χ0n) is 28.7. The minimum Gasteiger partial charge on any atom is -0.634 e. The lowest BCUT2D eigenvalue weighted by molar-refractivity contribution is -0.888. The van der Waals surface area contributed by atoms with Crippen molar-refractivity contribution in [1.82, 2.24) is 0 Å². The molecule has 0 aliphatic heterocycles. The zero-order valence-corrected chi connectivity index (χ0v) is 28.7. The van der Waals surface area contributed by atoms with E-state index in [1.807, 2.05) is 7.05 Å². The van der Waals surface area contributed by atoms with Gasteiger partial charge in [0.15, 0.2) is 0 Å². The monoisotopic (exact) mass is 566 g/mol. The van der Waals surface area contributed by atoms with Gasteiger partial charge in [-0.1, -0.05) is 194 Å². The van der Waals surface area contributed by atoms with Gasteiger partial charge in [-0.15, -0.1) is 0 Å². The second-order valence-corrected chi connectivity index (χ2v) is 13.6. The molecule has 0 aliphatic carbocycles. The molecule has 0 aromatic carbocycles. The molecule has 0 saturated carbocycles. The second kappa shape index (κ2) is 31.8. The van der Waals surface area contributed by atoms with Gasteiger partial charge in [-0.25, -0.2) is 0 Å². The maximum Gasteiger partial charge on any atom is 0.0971 e. The van der Waals surface area contributed by atoms with Crippen LogP contribution in [0.1, 0.15) is 233 Å². The Morgan fingerprint density at radius 2 is 0.500 bits per heavy atom. The van der Waals surface area contributed by atoms with Crippen molar-refractivity contribution in [2.75, 3.05) is 7.05 Å². The van der Waals surface area contributed by atoms with Crippen molar-refractivity contribution in [3.63, 3.8) is 0 Å². The standard InChI is InChI=1S/C38H79NO/c1-5-8-11-14-17-20-23-26-29-32-35-38(39(4)40,36-33-30-27-24-21-18-15-12-9-6-2)37-34-31-28-25-22-19-16-13-10-7-3/h39H,5-37H2,1-4H3. The summed E-state index contributed by atoms with van der Waals surface area (Å²) in [6, 6.07) is 0. The Kier molecular flexibility index (Phi) is 31.8. The number of nitrogens with one attached hydrogen (secondary N) is 1. The van der Waals surface area contributed by atoms with E-state index >= 15 is 0 Å². The van der Waals surface area contributed by atoms with Crippen LogP contribution in [0.4, 0.5) is 0 Å². The van der Waals surface area contributed by atoms with Crippen LogP contribution < -0.4 is 5.06 Å². The average molecular weight is 566 g/mol. The summed E-state index contributed by atoms with van der Waals surface area (Å²) in [5, 5.41) is 13.6. The van der Waals surface area contributed by atoms with Gasteiger partial charge >= 0.3 is 0 Å². The van der Waals surface area contributed by atoms with Crippen LogP contribution in [0.3, 0.4) is 0 Å². The lowest BCUT2D eigenvalue weighted by Crippen LogP contribution is -3.13. The molecule has 2 nitrogen and oxygen atoms in total. The quantitative estimate of drug-likeness (QED) is 0.0609. The molecule has 0 spiro atoms. The van der Waals surface area contributed by atoms with Crippen LogP contribution in [0, 0.1) is 5.21 Å². The van der Waals surface area contributed by atoms with Crippen molar-refractivity contribution in [2.24, 2.45) is 0 Å². The third-order valence-corrected chi connectivity index (χ3v) is 9.77. The van der Waals surface area contributed by atoms with Crippen molar-refractivity contribution in [1.29, 1.82) is 0 Å². The molecule has 1 N–H and O–H groups in total. The molecular formula is C38H79NO. The summed E-state index contributed by atoms with van der Waals surface area (Å²) in [5.41, 5.74) is -0.0134. The third-order valence-electron chi connectivity index (χ3n) is 9.77. The first-order chi connectivity index (χ1) is 19.6. The fourth-order valence-electron chi connectivity index (χ4n) is 6.76. The predicted molar refractivity (Wildman–Crippen MR) is 182 cm³/mol. The molecule has 1 unspecified atom stereocenters. The first kappa shape index (κ1) is 39.9. The van der Waals surface area contributed by atoms with Gasteiger partial charge in [0.2, 0.25) is 0 Å². The third kappa shape index (κ3) is 25.6. The molecular weight excluding hydrogens is 486 g/mol. The van der Waals surface area contributed by atoms with Crippen molar-refractivity contribution >= 4 is 0 Å². The molecule has 0 aromatic heterocycles. The summed E-state index contributed by atoms with van der Waals surface area (Å²) in [6.45, 7) is 6.90. The Balaban J connectivity index is 4.38. The van der Waals surface area contributed by atoms with E-state index in [0.29, 0.717) is 5.06 Å². The fraction of sp³-hybridized carbons (Fsp3) is 1.00. The molecule has 0 saturated heterocycles. The highest BCUT2D eigenvalue weighted by atomic mass is 16.5. The van der Waals surface area contributed by atoms with Crippen LogP contribution in [0.2, 0.25) is 0 Å². The zero-order chi connectivity index (χ0) is 29.4. The Morgan fingerprint density at radius 3 is 0.675 bits per heavy atom. The molecule has 0 fully saturated rings. The maximum atomic E-state index is 13.1. The SMILES string of the molecule is CCCCCCCCCCCCC(CCCCCCCCCCCC)(CCCCCCCCCCCC)[NH+](C)[O-]. The fourth-order valence-corrected chi connectivity index (χ4v) is 6.76. The minimum atomic E-state index is -0.0134. The minimum absolute atomic E-state index is 0.0134. The predicted octanol–water partition coefficient (Wildman–Crippen LogP) is 12.7. The number of hydrogen-bond acceptors (Lipinski definition) is 1. The topological polar surface area (TPSA) is 27.5 Å². The number of unbranched alkanes of at least 4 members (excludes halogenated alkanes) is 27. The van der Waals surface area contributed by atoms with Crippen LogP contribution >= 0.6 is 0 Å². The van der Waals surface area contributed by atoms with E-state index in [9.17, 15) is 5.21 Å². The molecule has 0 rings (SSSR count). The molecule has 40 heavy (non-hydrogen) atoms. The van der Waals surface area contributed by atoms with Gasteiger partial charge in [-0.2, -0.15) is 0 Å². The molecule has 0 bridgehead atoms. The van der Waals surface area contributed by atoms with E-state index < -0.39 is 0 Å². The van der Waals surface area contributed by atoms with Crippen LogP contribution in [0.5, 0.6) is 0 Å². The lowest BCUT2D eigenvalue weighted by Gasteiger charge is -2.42. The van der Waals surface area contributed by atoms with Gasteiger partial charge in [0.1, 0.15) is 0 Å². The summed E-state index contributed by atoms with van der Waals surface area (Å²) in [7, 11) is 1.93. The molecule has 2 heteroatoms. The summed E-state index contributed by atoms with van der Waals surface area (Å²) < 4.78 is 0. The first-order valence-corrected chi connectivity index (χ1v) is 19.1. The van der Waals surface area contributed by atoms with E-state index in [1.54, 1.807) is 0 Å². The Labute approximate surface area is 255 Å². The summed E-state index contributed by atoms with van der Waals surface area (Å²) in [6.07, 6.45) is 44.9. The van der Waals surface area contributed by atoms with Gasteiger partial charge < -0.3 is 10.3 Å². The molecule has 0 radical (unpaired) electrons. The van der Waals surface area contributed by atoms with Crippen molar-refractivity contribution in [3.05, 3.63) is 5.21 Å². The van der Waals surface area contributed by atoms with Gasteiger partial charge in [0, 0.05) is 19.3 Å². The van der Waals surface area contributed by atoms with Gasteiger partial charge in [0.25, 0.3) is 0 Å². The summed E-state index contributed by atoms with van der Waals surface area (Å²) in [5.74, 6) is 0. The van der Waals surface area contributed by atoms with Crippen molar-refractivity contribution < 1.29 is 5.06 Å². The van der Waals surface area contributed by atoms with Crippen molar-refractivity contribution in [2.45, 2.75) is 238 Å². The van der Waals surface area contributed by atoms with Crippen LogP contribution in [-0.2, 0) is 0 Å². The highest BCUT2D eigenvalue weighted by molar-refractivity contribution is 4.80. The second-order valence-electron chi connectivity index (χ2n) is 13.6. The van der Waals surface area contributed by atoms with E-state index in [-0.39, 0.29) is 5.54 Å². The number of hydrogen-bond donors (Lipinski definition) is 1. The van der Waals surface area contributed by atoms with E-state index in [1.165, 1.54) is 193 Å².